The van der Waals surface area contributed by atoms with Gasteiger partial charge in [0.15, 0.2) is 0 Å². The van der Waals surface area contributed by atoms with Gasteiger partial charge < -0.3 is 17.6 Å². The van der Waals surface area contributed by atoms with Crippen molar-refractivity contribution >= 4 is 21.9 Å². The molecule has 2 amide bonds. The molecule has 8 nitrogen and oxygen atoms in total. The zero-order chi connectivity index (χ0) is 12.5. The Bertz CT molecular complexity index is 567. The molecule has 0 aliphatic rings. The first-order valence-electron chi connectivity index (χ1n) is 3.94. The Balaban J connectivity index is 0.00000256. The van der Waals surface area contributed by atoms with Gasteiger partial charge in [-0.05, 0) is 18.2 Å². The summed E-state index contributed by atoms with van der Waals surface area (Å²) in [7, 11) is -4.46. The first kappa shape index (κ1) is 15.0. The molecule has 1 aromatic rings. The van der Waals surface area contributed by atoms with E-state index < -0.39 is 26.8 Å². The second kappa shape index (κ2) is 4.91. The van der Waals surface area contributed by atoms with E-state index in [9.17, 15) is 18.0 Å². The van der Waals surface area contributed by atoms with Crippen molar-refractivity contribution in [3.05, 3.63) is 29.3 Å². The third-order valence-electron chi connectivity index (χ3n) is 1.82. The first-order chi connectivity index (χ1) is 7.23. The molecule has 0 aromatic heterocycles. The molecule has 0 spiro atoms. The van der Waals surface area contributed by atoms with Crippen LogP contribution < -0.4 is 17.6 Å². The molecular weight excluding hydrogens is 250 g/mol. The van der Waals surface area contributed by atoms with Crippen LogP contribution in [-0.4, -0.2) is 24.8 Å². The fourth-order valence-corrected chi connectivity index (χ4v) is 1.61. The Morgan fingerprint density at radius 3 is 1.88 bits per heavy atom. The third-order valence-corrected chi connectivity index (χ3v) is 2.67. The summed E-state index contributed by atoms with van der Waals surface area (Å²) in [5.74, 6) is -1.94. The Morgan fingerprint density at radius 2 is 1.53 bits per heavy atom. The minimum absolute atomic E-state index is 0. The highest BCUT2D eigenvalue weighted by atomic mass is 32.2. The standard InChI is InChI=1S/C8H8N2O5S.H3N/c9-7(11)5-2-1-4(16(13,14)15)3-6(5)8(10)12;/h1-3H,(H2,9,11)(H2,10,12)(H,13,14,15);1H3. The maximum absolute atomic E-state index is 10.9. The van der Waals surface area contributed by atoms with E-state index in [1.54, 1.807) is 0 Å². The van der Waals surface area contributed by atoms with E-state index in [2.05, 4.69) is 0 Å². The zero-order valence-corrected chi connectivity index (χ0v) is 9.40. The number of carbonyl (C=O) groups excluding carboxylic acids is 2. The molecule has 0 radical (unpaired) electrons. The molecule has 0 atom stereocenters. The van der Waals surface area contributed by atoms with Crippen molar-refractivity contribution in [3.8, 4) is 0 Å². The van der Waals surface area contributed by atoms with Crippen LogP contribution in [0.5, 0.6) is 0 Å². The average Bonchev–Trinajstić information content (AvgIpc) is 2.15. The Kier molecular flexibility index (Phi) is 4.34. The van der Waals surface area contributed by atoms with Gasteiger partial charge in [-0.25, -0.2) is 0 Å². The number of primary amides is 2. The number of benzene rings is 1. The van der Waals surface area contributed by atoms with Crippen LogP contribution in [0.3, 0.4) is 0 Å². The number of hydrogen-bond donors (Lipinski definition) is 4. The number of nitrogens with two attached hydrogens (primary N) is 2. The molecule has 0 bridgehead atoms. The molecule has 0 heterocycles. The summed E-state index contributed by atoms with van der Waals surface area (Å²) < 4.78 is 30.3. The molecule has 0 aliphatic carbocycles. The minimum Gasteiger partial charge on any atom is -0.366 e. The van der Waals surface area contributed by atoms with E-state index in [1.807, 2.05) is 0 Å². The fraction of sp³-hybridized carbons (Fsp3) is 0. The molecule has 0 aliphatic heterocycles. The van der Waals surface area contributed by atoms with Crippen molar-refractivity contribution in [1.82, 2.24) is 6.15 Å². The lowest BCUT2D eigenvalue weighted by molar-refractivity contribution is 0.0967. The van der Waals surface area contributed by atoms with Gasteiger partial charge in [0.05, 0.1) is 16.0 Å². The number of rotatable bonds is 3. The fourth-order valence-electron chi connectivity index (χ4n) is 1.10. The molecule has 9 heteroatoms. The first-order valence-corrected chi connectivity index (χ1v) is 5.38. The summed E-state index contributed by atoms with van der Waals surface area (Å²) in [5.41, 5.74) is 9.33. The van der Waals surface area contributed by atoms with E-state index in [4.69, 9.17) is 16.0 Å². The van der Waals surface area contributed by atoms with E-state index >= 15 is 0 Å². The maximum Gasteiger partial charge on any atom is 0.294 e. The van der Waals surface area contributed by atoms with E-state index in [0.717, 1.165) is 18.2 Å². The van der Waals surface area contributed by atoms with Crippen molar-refractivity contribution in [2.45, 2.75) is 4.90 Å². The van der Waals surface area contributed by atoms with Crippen LogP contribution in [0.1, 0.15) is 20.7 Å². The zero-order valence-electron chi connectivity index (χ0n) is 8.58. The van der Waals surface area contributed by atoms with Gasteiger partial charge in [0.25, 0.3) is 10.1 Å². The van der Waals surface area contributed by atoms with Crippen LogP contribution in [-0.2, 0) is 10.1 Å². The predicted octanol–water partition coefficient (Wildman–Crippen LogP) is -0.707. The normalized spacial score (nSPS) is 10.4. The number of carbonyl (C=O) groups is 2. The van der Waals surface area contributed by atoms with Gasteiger partial charge in [-0.1, -0.05) is 0 Å². The van der Waals surface area contributed by atoms with E-state index in [1.165, 1.54) is 0 Å². The number of amides is 2. The predicted molar refractivity (Wildman–Crippen MR) is 58.3 cm³/mol. The van der Waals surface area contributed by atoms with Gasteiger partial charge in [0, 0.05) is 0 Å². The van der Waals surface area contributed by atoms with Gasteiger partial charge in [-0.2, -0.15) is 8.42 Å². The van der Waals surface area contributed by atoms with Crippen LogP contribution in [0.25, 0.3) is 0 Å². The van der Waals surface area contributed by atoms with Crippen molar-refractivity contribution in [1.29, 1.82) is 0 Å². The highest BCUT2D eigenvalue weighted by Crippen LogP contribution is 2.15. The van der Waals surface area contributed by atoms with Crippen molar-refractivity contribution in [3.63, 3.8) is 0 Å². The monoisotopic (exact) mass is 261 g/mol. The topological polar surface area (TPSA) is 176 Å². The molecule has 1 aromatic carbocycles. The smallest absolute Gasteiger partial charge is 0.294 e. The van der Waals surface area contributed by atoms with Crippen molar-refractivity contribution in [2.75, 3.05) is 0 Å². The molecule has 8 N–H and O–H groups in total. The average molecular weight is 261 g/mol. The van der Waals surface area contributed by atoms with Gasteiger partial charge in [-0.3, -0.25) is 14.1 Å². The Hall–Kier alpha value is -1.97. The molecule has 94 valence electrons. The van der Waals surface area contributed by atoms with Gasteiger partial charge in [0.2, 0.25) is 11.8 Å². The van der Waals surface area contributed by atoms with Crippen LogP contribution in [0, 0.1) is 0 Å². The lowest BCUT2D eigenvalue weighted by Crippen LogP contribution is -2.21. The molecule has 1 rings (SSSR count). The molecule has 17 heavy (non-hydrogen) atoms. The summed E-state index contributed by atoms with van der Waals surface area (Å²) in [5, 5.41) is 0. The SMILES string of the molecule is N.NC(=O)c1ccc(S(=O)(=O)O)cc1C(N)=O. The molecular formula is C8H11N3O5S. The van der Waals surface area contributed by atoms with E-state index in [-0.39, 0.29) is 17.3 Å². The van der Waals surface area contributed by atoms with Gasteiger partial charge in [-0.15, -0.1) is 0 Å². The summed E-state index contributed by atoms with van der Waals surface area (Å²) in [6.45, 7) is 0. The second-order valence-electron chi connectivity index (χ2n) is 2.91. The van der Waals surface area contributed by atoms with Crippen LogP contribution in [0.2, 0.25) is 0 Å². The summed E-state index contributed by atoms with van der Waals surface area (Å²) in [4.78, 5) is 21.3. The van der Waals surface area contributed by atoms with Crippen LogP contribution in [0.15, 0.2) is 23.1 Å². The second-order valence-corrected chi connectivity index (χ2v) is 4.33. The number of hydrogen-bond acceptors (Lipinski definition) is 5. The summed E-state index contributed by atoms with van der Waals surface area (Å²) in [6.07, 6.45) is 0. The summed E-state index contributed by atoms with van der Waals surface area (Å²) >= 11 is 0. The lowest BCUT2D eigenvalue weighted by atomic mass is 10.1. The van der Waals surface area contributed by atoms with Crippen molar-refractivity contribution in [2.24, 2.45) is 11.5 Å². The lowest BCUT2D eigenvalue weighted by Gasteiger charge is -2.04. The molecule has 0 unspecified atom stereocenters. The minimum atomic E-state index is -4.46. The molecule has 0 fully saturated rings. The Morgan fingerprint density at radius 1 is 1.06 bits per heavy atom. The van der Waals surface area contributed by atoms with E-state index in [0.29, 0.717) is 0 Å². The van der Waals surface area contributed by atoms with Crippen LogP contribution in [0.4, 0.5) is 0 Å². The quantitative estimate of drug-likeness (QED) is 0.522. The van der Waals surface area contributed by atoms with Gasteiger partial charge >= 0.3 is 0 Å². The highest BCUT2D eigenvalue weighted by molar-refractivity contribution is 7.85. The van der Waals surface area contributed by atoms with Crippen molar-refractivity contribution < 1.29 is 22.6 Å². The molecule has 0 saturated carbocycles. The largest absolute Gasteiger partial charge is 0.366 e. The molecule has 0 saturated heterocycles. The Labute approximate surface area is 96.9 Å². The summed E-state index contributed by atoms with van der Waals surface area (Å²) in [6, 6.07) is 2.74. The third kappa shape index (κ3) is 3.24. The highest BCUT2D eigenvalue weighted by Gasteiger charge is 2.17. The van der Waals surface area contributed by atoms with Crippen LogP contribution >= 0.6 is 0 Å². The maximum atomic E-state index is 10.9. The van der Waals surface area contributed by atoms with Gasteiger partial charge in [0.1, 0.15) is 0 Å².